The molecule has 0 amide bonds. The standard InChI is InChI=1S/C7H9NO2S.Li/c9-11(10)8-6-7-4-2-1-3-5-7;/h1-5,8H,6H2,(H,9,10);/q;+1/p-1. The van der Waals surface area contributed by atoms with Gasteiger partial charge >= 0.3 is 18.9 Å². The summed E-state index contributed by atoms with van der Waals surface area (Å²) >= 11 is -2.17. The van der Waals surface area contributed by atoms with Gasteiger partial charge in [0, 0.05) is 17.8 Å². The van der Waals surface area contributed by atoms with Crippen LogP contribution in [0.15, 0.2) is 30.3 Å². The van der Waals surface area contributed by atoms with Gasteiger partial charge in [-0.2, -0.15) is 0 Å². The van der Waals surface area contributed by atoms with Crippen molar-refractivity contribution >= 4 is 11.3 Å². The van der Waals surface area contributed by atoms with E-state index in [1.807, 2.05) is 30.3 Å². The Balaban J connectivity index is 0.00000121. The largest absolute Gasteiger partial charge is 1.00 e. The molecule has 3 nitrogen and oxygen atoms in total. The van der Waals surface area contributed by atoms with E-state index < -0.39 is 11.3 Å². The van der Waals surface area contributed by atoms with Crippen LogP contribution in [0, 0.1) is 0 Å². The Hall–Kier alpha value is -0.113. The Morgan fingerprint density at radius 3 is 2.42 bits per heavy atom. The van der Waals surface area contributed by atoms with Crippen LogP contribution < -0.4 is 23.6 Å². The van der Waals surface area contributed by atoms with Crippen molar-refractivity contribution in [3.05, 3.63) is 35.9 Å². The van der Waals surface area contributed by atoms with Crippen molar-refractivity contribution in [3.63, 3.8) is 0 Å². The van der Waals surface area contributed by atoms with Gasteiger partial charge in [-0.05, 0) is 5.56 Å². The van der Waals surface area contributed by atoms with Crippen LogP contribution in [0.1, 0.15) is 5.56 Å². The van der Waals surface area contributed by atoms with E-state index in [2.05, 4.69) is 4.72 Å². The summed E-state index contributed by atoms with van der Waals surface area (Å²) in [6, 6.07) is 9.34. The number of rotatable bonds is 3. The zero-order chi connectivity index (χ0) is 8.10. The molecule has 0 aliphatic rings. The van der Waals surface area contributed by atoms with Crippen LogP contribution in [0.2, 0.25) is 0 Å². The third-order valence-corrected chi connectivity index (χ3v) is 1.62. The van der Waals surface area contributed by atoms with Gasteiger partial charge in [0.1, 0.15) is 0 Å². The maximum atomic E-state index is 10.1. The summed E-state index contributed by atoms with van der Waals surface area (Å²) in [5.74, 6) is 0. The fourth-order valence-electron chi connectivity index (χ4n) is 0.738. The summed E-state index contributed by atoms with van der Waals surface area (Å²) in [4.78, 5) is 0. The molecule has 1 unspecified atom stereocenters. The monoisotopic (exact) mass is 177 g/mol. The molecular formula is C7H8LiNO2S. The average Bonchev–Trinajstić information content (AvgIpc) is 2.03. The topological polar surface area (TPSA) is 52.2 Å². The molecule has 0 radical (unpaired) electrons. The molecule has 1 aromatic carbocycles. The second-order valence-corrected chi connectivity index (χ2v) is 2.80. The van der Waals surface area contributed by atoms with Gasteiger partial charge in [-0.15, -0.1) is 0 Å². The van der Waals surface area contributed by atoms with Gasteiger partial charge in [0.15, 0.2) is 0 Å². The first-order valence-electron chi connectivity index (χ1n) is 3.16. The Kier molecular flexibility index (Phi) is 6.35. The quantitative estimate of drug-likeness (QED) is 0.412. The van der Waals surface area contributed by atoms with Crippen LogP contribution in [0.25, 0.3) is 0 Å². The van der Waals surface area contributed by atoms with Crippen molar-refractivity contribution in [3.8, 4) is 0 Å². The normalized spacial score (nSPS) is 11.8. The fraction of sp³-hybridized carbons (Fsp3) is 0.143. The number of hydrogen-bond acceptors (Lipinski definition) is 2. The molecule has 1 atom stereocenters. The minimum Gasteiger partial charge on any atom is -0.760 e. The van der Waals surface area contributed by atoms with E-state index in [0.29, 0.717) is 6.54 Å². The van der Waals surface area contributed by atoms with E-state index in [-0.39, 0.29) is 18.9 Å². The molecule has 60 valence electrons. The van der Waals surface area contributed by atoms with Gasteiger partial charge in [0.2, 0.25) is 0 Å². The molecule has 0 aliphatic carbocycles. The summed E-state index contributed by atoms with van der Waals surface area (Å²) in [6.07, 6.45) is 0. The van der Waals surface area contributed by atoms with E-state index in [1.54, 1.807) is 0 Å². The summed E-state index contributed by atoms with van der Waals surface area (Å²) in [5, 5.41) is 0. The van der Waals surface area contributed by atoms with Gasteiger partial charge in [0.25, 0.3) is 0 Å². The Morgan fingerprint density at radius 1 is 1.33 bits per heavy atom. The van der Waals surface area contributed by atoms with E-state index in [0.717, 1.165) is 5.56 Å². The smallest absolute Gasteiger partial charge is 0.760 e. The molecule has 0 heterocycles. The van der Waals surface area contributed by atoms with Gasteiger partial charge in [0.05, 0.1) is 0 Å². The molecule has 1 aromatic rings. The molecule has 0 spiro atoms. The second kappa shape index (κ2) is 6.41. The molecular weight excluding hydrogens is 169 g/mol. The number of benzene rings is 1. The van der Waals surface area contributed by atoms with Gasteiger partial charge in [-0.25, -0.2) is 4.72 Å². The number of nitrogens with one attached hydrogen (secondary N) is 1. The van der Waals surface area contributed by atoms with Crippen LogP contribution >= 0.6 is 0 Å². The average molecular weight is 177 g/mol. The van der Waals surface area contributed by atoms with Crippen LogP contribution in [-0.2, 0) is 17.8 Å². The maximum Gasteiger partial charge on any atom is 1.00 e. The van der Waals surface area contributed by atoms with Crippen molar-refractivity contribution in [1.82, 2.24) is 4.72 Å². The van der Waals surface area contributed by atoms with Crippen LogP contribution in [-0.4, -0.2) is 8.76 Å². The molecule has 1 N–H and O–H groups in total. The zero-order valence-corrected chi connectivity index (χ0v) is 7.64. The van der Waals surface area contributed by atoms with Gasteiger partial charge in [-0.3, -0.25) is 4.21 Å². The molecule has 12 heavy (non-hydrogen) atoms. The summed E-state index contributed by atoms with van der Waals surface area (Å²) in [7, 11) is 0. The number of hydrogen-bond donors (Lipinski definition) is 1. The first kappa shape index (κ1) is 11.9. The minimum atomic E-state index is -2.17. The first-order chi connectivity index (χ1) is 5.29. The Labute approximate surface area is 86.2 Å². The molecule has 5 heteroatoms. The Bertz CT molecular complexity index is 242. The Morgan fingerprint density at radius 2 is 1.92 bits per heavy atom. The SMILES string of the molecule is O=S([O-])NCc1ccccc1.[Li+]. The third kappa shape index (κ3) is 4.70. The van der Waals surface area contributed by atoms with Gasteiger partial charge < -0.3 is 4.55 Å². The van der Waals surface area contributed by atoms with Crippen LogP contribution in [0.3, 0.4) is 0 Å². The van der Waals surface area contributed by atoms with E-state index in [9.17, 15) is 8.76 Å². The first-order valence-corrected chi connectivity index (χ1v) is 4.23. The van der Waals surface area contributed by atoms with Crippen molar-refractivity contribution in [2.45, 2.75) is 6.54 Å². The van der Waals surface area contributed by atoms with Crippen molar-refractivity contribution < 1.29 is 27.6 Å². The van der Waals surface area contributed by atoms with Crippen LogP contribution in [0.4, 0.5) is 0 Å². The van der Waals surface area contributed by atoms with Crippen LogP contribution in [0.5, 0.6) is 0 Å². The van der Waals surface area contributed by atoms with Crippen molar-refractivity contribution in [1.29, 1.82) is 0 Å². The van der Waals surface area contributed by atoms with Gasteiger partial charge in [-0.1, -0.05) is 30.3 Å². The molecule has 0 aliphatic heterocycles. The molecule has 0 saturated carbocycles. The van der Waals surface area contributed by atoms with Crippen molar-refractivity contribution in [2.24, 2.45) is 0 Å². The molecule has 0 bridgehead atoms. The van der Waals surface area contributed by atoms with Crippen molar-refractivity contribution in [2.75, 3.05) is 0 Å². The molecule has 0 saturated heterocycles. The predicted molar refractivity (Wildman–Crippen MR) is 42.2 cm³/mol. The molecule has 0 fully saturated rings. The predicted octanol–water partition coefficient (Wildman–Crippen LogP) is -2.43. The second-order valence-electron chi connectivity index (χ2n) is 2.04. The zero-order valence-electron chi connectivity index (χ0n) is 6.82. The summed E-state index contributed by atoms with van der Waals surface area (Å²) in [6.45, 7) is 0.358. The third-order valence-electron chi connectivity index (χ3n) is 1.24. The fourth-order valence-corrected chi connectivity index (χ4v) is 1.02. The minimum absolute atomic E-state index is 0. The molecule has 0 aromatic heterocycles. The van der Waals surface area contributed by atoms with E-state index in [1.165, 1.54) is 0 Å². The maximum absolute atomic E-state index is 10.1. The summed E-state index contributed by atoms with van der Waals surface area (Å²) in [5.41, 5.74) is 0.955. The molecule has 1 rings (SSSR count). The summed E-state index contributed by atoms with van der Waals surface area (Å²) < 4.78 is 22.4. The van der Waals surface area contributed by atoms with E-state index >= 15 is 0 Å². The van der Waals surface area contributed by atoms with E-state index in [4.69, 9.17) is 0 Å².